The summed E-state index contributed by atoms with van der Waals surface area (Å²) in [5, 5.41) is 1.86. The van der Waals surface area contributed by atoms with Gasteiger partial charge in [0.1, 0.15) is 6.04 Å². The largest absolute Gasteiger partial charge is 0.341 e. The summed E-state index contributed by atoms with van der Waals surface area (Å²) in [6.45, 7) is 1.57. The third-order valence-electron chi connectivity index (χ3n) is 5.71. The molecule has 2 aromatic rings. The molecule has 2 amide bonds. The normalized spacial score (nSPS) is 20.5. The van der Waals surface area contributed by atoms with Gasteiger partial charge in [-0.15, -0.1) is 11.3 Å². The molecule has 30 heavy (non-hydrogen) atoms. The second kappa shape index (κ2) is 8.87. The minimum absolute atomic E-state index is 0.0261. The molecule has 0 bridgehead atoms. The van der Waals surface area contributed by atoms with Crippen LogP contribution in [0.2, 0.25) is 0 Å². The van der Waals surface area contributed by atoms with E-state index in [1.165, 1.54) is 11.3 Å². The molecule has 0 spiro atoms. The van der Waals surface area contributed by atoms with Crippen LogP contribution >= 0.6 is 11.3 Å². The Morgan fingerprint density at radius 3 is 2.37 bits per heavy atom. The molecule has 7 nitrogen and oxygen atoms in total. The molecule has 2 aliphatic heterocycles. The van der Waals surface area contributed by atoms with E-state index < -0.39 is 16.1 Å². The van der Waals surface area contributed by atoms with E-state index in [4.69, 9.17) is 0 Å². The highest BCUT2D eigenvalue weighted by molar-refractivity contribution is 7.89. The average molecular weight is 448 g/mol. The number of nitrogens with zero attached hydrogens (tertiary/aromatic N) is 2. The summed E-state index contributed by atoms with van der Waals surface area (Å²) < 4.78 is 27.8. The van der Waals surface area contributed by atoms with E-state index in [-0.39, 0.29) is 22.8 Å². The minimum Gasteiger partial charge on any atom is -0.341 e. The van der Waals surface area contributed by atoms with Crippen molar-refractivity contribution in [2.75, 3.05) is 19.6 Å². The lowest BCUT2D eigenvalue weighted by molar-refractivity contribution is -0.136. The van der Waals surface area contributed by atoms with Crippen molar-refractivity contribution in [1.29, 1.82) is 0 Å². The highest BCUT2D eigenvalue weighted by Crippen LogP contribution is 2.25. The standard InChI is InChI=1S/C21H25N3O4S2/c25-20(18-8-4-12-24(18)21(26)19-9-5-15-29-19)23-13-10-16(11-14-23)22-30(27,28)17-6-2-1-3-7-17/h1-3,5-7,9,15-16,18,22H,4,8,10-14H2/t18-/m0/s1. The maximum Gasteiger partial charge on any atom is 0.264 e. The van der Waals surface area contributed by atoms with Gasteiger partial charge in [0.15, 0.2) is 0 Å². The van der Waals surface area contributed by atoms with Gasteiger partial charge in [0.25, 0.3) is 5.91 Å². The van der Waals surface area contributed by atoms with Crippen LogP contribution in [-0.2, 0) is 14.8 Å². The van der Waals surface area contributed by atoms with E-state index >= 15 is 0 Å². The van der Waals surface area contributed by atoms with Crippen LogP contribution in [0.15, 0.2) is 52.7 Å². The number of nitrogens with one attached hydrogen (secondary N) is 1. The van der Waals surface area contributed by atoms with Gasteiger partial charge < -0.3 is 9.80 Å². The lowest BCUT2D eigenvalue weighted by Gasteiger charge is -2.35. The number of benzene rings is 1. The second-order valence-electron chi connectivity index (χ2n) is 7.67. The highest BCUT2D eigenvalue weighted by Gasteiger charge is 2.38. The Balaban J connectivity index is 1.35. The van der Waals surface area contributed by atoms with Gasteiger partial charge >= 0.3 is 0 Å². The van der Waals surface area contributed by atoms with Crippen molar-refractivity contribution in [3.05, 3.63) is 52.7 Å². The Labute approximate surface area is 180 Å². The molecular weight excluding hydrogens is 422 g/mol. The first-order valence-electron chi connectivity index (χ1n) is 10.2. The van der Waals surface area contributed by atoms with E-state index in [1.807, 2.05) is 11.4 Å². The monoisotopic (exact) mass is 447 g/mol. The number of likely N-dealkylation sites (tertiary alicyclic amines) is 2. The number of rotatable bonds is 5. The molecule has 1 atom stereocenters. The first-order valence-corrected chi connectivity index (χ1v) is 12.5. The summed E-state index contributed by atoms with van der Waals surface area (Å²) in [6.07, 6.45) is 2.62. The molecule has 0 aliphatic carbocycles. The molecule has 2 fully saturated rings. The topological polar surface area (TPSA) is 86.8 Å². The molecule has 1 aromatic carbocycles. The third kappa shape index (κ3) is 4.43. The van der Waals surface area contributed by atoms with Crippen LogP contribution in [-0.4, -0.2) is 61.7 Å². The van der Waals surface area contributed by atoms with Crippen LogP contribution in [0.3, 0.4) is 0 Å². The maximum atomic E-state index is 13.1. The molecule has 4 rings (SSSR count). The molecule has 3 heterocycles. The zero-order valence-electron chi connectivity index (χ0n) is 16.6. The molecule has 2 aliphatic rings. The number of carbonyl (C=O) groups excluding carboxylic acids is 2. The predicted octanol–water partition coefficient (Wildman–Crippen LogP) is 2.32. The van der Waals surface area contributed by atoms with E-state index in [2.05, 4.69) is 4.72 Å². The fraction of sp³-hybridized carbons (Fsp3) is 0.429. The molecule has 2 saturated heterocycles. The maximum absolute atomic E-state index is 13.1. The SMILES string of the molecule is O=C([C@@H]1CCCN1C(=O)c1cccs1)N1CCC(NS(=O)(=O)c2ccccc2)CC1. The van der Waals surface area contributed by atoms with Gasteiger partial charge in [-0.2, -0.15) is 0 Å². The van der Waals surface area contributed by atoms with Crippen molar-refractivity contribution < 1.29 is 18.0 Å². The Bertz CT molecular complexity index is 985. The Morgan fingerprint density at radius 1 is 0.967 bits per heavy atom. The number of hydrogen-bond donors (Lipinski definition) is 1. The number of sulfonamides is 1. The zero-order valence-corrected chi connectivity index (χ0v) is 18.2. The van der Waals surface area contributed by atoms with E-state index in [0.717, 1.165) is 6.42 Å². The summed E-state index contributed by atoms with van der Waals surface area (Å²) in [4.78, 5) is 30.2. The van der Waals surface area contributed by atoms with Crippen molar-refractivity contribution in [3.8, 4) is 0 Å². The van der Waals surface area contributed by atoms with E-state index in [9.17, 15) is 18.0 Å². The van der Waals surface area contributed by atoms with Crippen LogP contribution in [0.1, 0.15) is 35.4 Å². The number of amides is 2. The van der Waals surface area contributed by atoms with Crippen molar-refractivity contribution in [1.82, 2.24) is 14.5 Å². The fourth-order valence-corrected chi connectivity index (χ4v) is 6.13. The van der Waals surface area contributed by atoms with Crippen molar-refractivity contribution in [2.45, 2.75) is 42.7 Å². The molecule has 0 saturated carbocycles. The number of hydrogen-bond acceptors (Lipinski definition) is 5. The molecule has 0 radical (unpaired) electrons. The van der Waals surface area contributed by atoms with Crippen LogP contribution in [0.5, 0.6) is 0 Å². The van der Waals surface area contributed by atoms with E-state index in [1.54, 1.807) is 46.2 Å². The quantitative estimate of drug-likeness (QED) is 0.762. The van der Waals surface area contributed by atoms with Crippen molar-refractivity contribution in [3.63, 3.8) is 0 Å². The van der Waals surface area contributed by atoms with Crippen molar-refractivity contribution in [2.24, 2.45) is 0 Å². The van der Waals surface area contributed by atoms with E-state index in [0.29, 0.717) is 43.8 Å². The van der Waals surface area contributed by atoms with Gasteiger partial charge in [0.2, 0.25) is 15.9 Å². The summed E-state index contributed by atoms with van der Waals surface area (Å²) in [5.41, 5.74) is 0. The zero-order chi connectivity index (χ0) is 21.1. The Kier molecular flexibility index (Phi) is 6.21. The van der Waals surface area contributed by atoms with Crippen LogP contribution in [0.25, 0.3) is 0 Å². The van der Waals surface area contributed by atoms with Gasteiger partial charge in [-0.25, -0.2) is 13.1 Å². The molecule has 1 N–H and O–H groups in total. The first-order chi connectivity index (χ1) is 14.5. The third-order valence-corrected chi connectivity index (χ3v) is 8.11. The number of carbonyl (C=O) groups is 2. The van der Waals surface area contributed by atoms with Crippen LogP contribution in [0.4, 0.5) is 0 Å². The Morgan fingerprint density at radius 2 is 1.70 bits per heavy atom. The van der Waals surface area contributed by atoms with Gasteiger partial charge in [-0.05, 0) is 49.3 Å². The summed E-state index contributed by atoms with van der Waals surface area (Å²) in [7, 11) is -3.56. The molecule has 1 aromatic heterocycles. The fourth-order valence-electron chi connectivity index (χ4n) is 4.12. The van der Waals surface area contributed by atoms with Crippen LogP contribution < -0.4 is 4.72 Å². The second-order valence-corrected chi connectivity index (χ2v) is 10.3. The lowest BCUT2D eigenvalue weighted by Crippen LogP contribution is -2.52. The van der Waals surface area contributed by atoms with Gasteiger partial charge in [-0.1, -0.05) is 24.3 Å². The van der Waals surface area contributed by atoms with Gasteiger partial charge in [-0.3, -0.25) is 9.59 Å². The van der Waals surface area contributed by atoms with Crippen molar-refractivity contribution >= 4 is 33.2 Å². The molecule has 0 unspecified atom stereocenters. The summed E-state index contributed by atoms with van der Waals surface area (Å²) in [5.74, 6) is -0.104. The minimum atomic E-state index is -3.56. The summed E-state index contributed by atoms with van der Waals surface area (Å²) >= 11 is 1.39. The lowest BCUT2D eigenvalue weighted by atomic mass is 10.0. The number of thiophene rings is 1. The first kappa shape index (κ1) is 21.0. The highest BCUT2D eigenvalue weighted by atomic mass is 32.2. The predicted molar refractivity (Wildman–Crippen MR) is 115 cm³/mol. The number of piperidine rings is 1. The van der Waals surface area contributed by atoms with Gasteiger partial charge in [0, 0.05) is 25.7 Å². The van der Waals surface area contributed by atoms with Gasteiger partial charge in [0.05, 0.1) is 9.77 Å². The van der Waals surface area contributed by atoms with Crippen LogP contribution in [0, 0.1) is 0 Å². The molecule has 9 heteroatoms. The molecule has 160 valence electrons. The smallest absolute Gasteiger partial charge is 0.264 e. The molecular formula is C21H25N3O4S2. The summed E-state index contributed by atoms with van der Waals surface area (Å²) in [6, 6.07) is 11.3. The average Bonchev–Trinajstić information content (AvgIpc) is 3.46. The Hall–Kier alpha value is -2.23.